The standard InChI is InChI=1S/C22H26Cl2N2O3/c1-4-19(22(28)25-15(2)3)26(13-16-9-5-6-10-17(16)23)21(27)14-29-20-12-8-7-11-18(20)24/h5-12,15,19H,4,13-14H2,1-3H3,(H,25,28). The Labute approximate surface area is 181 Å². The molecule has 0 saturated carbocycles. The smallest absolute Gasteiger partial charge is 0.261 e. The topological polar surface area (TPSA) is 58.6 Å². The molecule has 0 saturated heterocycles. The first kappa shape index (κ1) is 23.0. The van der Waals surface area contributed by atoms with Crippen molar-refractivity contribution in [3.8, 4) is 5.75 Å². The van der Waals surface area contributed by atoms with Gasteiger partial charge in [0.15, 0.2) is 6.61 Å². The van der Waals surface area contributed by atoms with Crippen molar-refractivity contribution < 1.29 is 14.3 Å². The summed E-state index contributed by atoms with van der Waals surface area (Å²) in [6.45, 7) is 5.59. The first-order chi connectivity index (χ1) is 13.8. The van der Waals surface area contributed by atoms with Gasteiger partial charge >= 0.3 is 0 Å². The zero-order valence-electron chi connectivity index (χ0n) is 16.8. The molecule has 0 spiro atoms. The number of nitrogens with one attached hydrogen (secondary N) is 1. The molecule has 2 rings (SSSR count). The van der Waals surface area contributed by atoms with E-state index in [-0.39, 0.29) is 31.0 Å². The van der Waals surface area contributed by atoms with Crippen LogP contribution in [0.5, 0.6) is 5.75 Å². The Bertz CT molecular complexity index is 842. The van der Waals surface area contributed by atoms with Crippen LogP contribution in [-0.2, 0) is 16.1 Å². The second-order valence-electron chi connectivity index (χ2n) is 6.92. The summed E-state index contributed by atoms with van der Waals surface area (Å²) in [4.78, 5) is 27.3. The molecule has 29 heavy (non-hydrogen) atoms. The minimum Gasteiger partial charge on any atom is -0.482 e. The fraction of sp³-hybridized carbons (Fsp3) is 0.364. The molecule has 0 aliphatic heterocycles. The van der Waals surface area contributed by atoms with Crippen LogP contribution >= 0.6 is 23.2 Å². The summed E-state index contributed by atoms with van der Waals surface area (Å²) < 4.78 is 5.62. The summed E-state index contributed by atoms with van der Waals surface area (Å²) in [5.41, 5.74) is 0.760. The van der Waals surface area contributed by atoms with Gasteiger partial charge < -0.3 is 15.0 Å². The van der Waals surface area contributed by atoms with E-state index < -0.39 is 6.04 Å². The molecule has 2 aromatic carbocycles. The van der Waals surface area contributed by atoms with Gasteiger partial charge in [-0.05, 0) is 44.0 Å². The Morgan fingerprint density at radius 1 is 1.03 bits per heavy atom. The molecular formula is C22H26Cl2N2O3. The highest BCUT2D eigenvalue weighted by Crippen LogP contribution is 2.24. The van der Waals surface area contributed by atoms with Crippen molar-refractivity contribution in [2.24, 2.45) is 0 Å². The summed E-state index contributed by atoms with van der Waals surface area (Å²) in [7, 11) is 0. The largest absolute Gasteiger partial charge is 0.482 e. The lowest BCUT2D eigenvalue weighted by molar-refractivity contribution is -0.143. The second kappa shape index (κ2) is 11.1. The predicted octanol–water partition coefficient (Wildman–Crippen LogP) is 4.70. The highest BCUT2D eigenvalue weighted by Gasteiger charge is 2.29. The van der Waals surface area contributed by atoms with E-state index in [1.165, 1.54) is 4.90 Å². The number of nitrogens with zero attached hydrogens (tertiary/aromatic N) is 1. The summed E-state index contributed by atoms with van der Waals surface area (Å²) in [5.74, 6) is -0.115. The molecule has 2 amide bonds. The van der Waals surface area contributed by atoms with Gasteiger partial charge in [0.2, 0.25) is 5.91 Å². The summed E-state index contributed by atoms with van der Waals surface area (Å²) in [6.07, 6.45) is 0.459. The number of hydrogen-bond donors (Lipinski definition) is 1. The number of hydrogen-bond acceptors (Lipinski definition) is 3. The van der Waals surface area contributed by atoms with Crippen LogP contribution in [-0.4, -0.2) is 35.4 Å². The summed E-state index contributed by atoms with van der Waals surface area (Å²) in [5, 5.41) is 3.84. The predicted molar refractivity (Wildman–Crippen MR) is 116 cm³/mol. The number of amides is 2. The van der Waals surface area contributed by atoms with Gasteiger partial charge in [-0.3, -0.25) is 9.59 Å². The molecule has 0 aromatic heterocycles. The van der Waals surface area contributed by atoms with Gasteiger partial charge in [0.1, 0.15) is 11.8 Å². The highest BCUT2D eigenvalue weighted by molar-refractivity contribution is 6.32. The number of ether oxygens (including phenoxy) is 1. The van der Waals surface area contributed by atoms with Gasteiger partial charge in [-0.25, -0.2) is 0 Å². The van der Waals surface area contributed by atoms with Crippen molar-refractivity contribution >= 4 is 35.0 Å². The zero-order chi connectivity index (χ0) is 21.4. The molecule has 0 aliphatic carbocycles. The van der Waals surface area contributed by atoms with E-state index in [1.54, 1.807) is 30.3 Å². The van der Waals surface area contributed by atoms with E-state index in [4.69, 9.17) is 27.9 Å². The molecule has 0 heterocycles. The molecule has 0 radical (unpaired) electrons. The van der Waals surface area contributed by atoms with E-state index in [0.29, 0.717) is 22.2 Å². The monoisotopic (exact) mass is 436 g/mol. The zero-order valence-corrected chi connectivity index (χ0v) is 18.3. The van der Waals surface area contributed by atoms with Gasteiger partial charge in [0.25, 0.3) is 5.91 Å². The van der Waals surface area contributed by atoms with E-state index in [1.807, 2.05) is 39.0 Å². The van der Waals surface area contributed by atoms with E-state index in [0.717, 1.165) is 5.56 Å². The summed E-state index contributed by atoms with van der Waals surface area (Å²) in [6, 6.07) is 13.5. The molecule has 5 nitrogen and oxygen atoms in total. The van der Waals surface area contributed by atoms with Gasteiger partial charge in [-0.1, -0.05) is 60.5 Å². The van der Waals surface area contributed by atoms with E-state index in [9.17, 15) is 9.59 Å². The highest BCUT2D eigenvalue weighted by atomic mass is 35.5. The van der Waals surface area contributed by atoms with Crippen molar-refractivity contribution in [1.29, 1.82) is 0 Å². The van der Waals surface area contributed by atoms with E-state index in [2.05, 4.69) is 5.32 Å². The Morgan fingerprint density at radius 3 is 2.24 bits per heavy atom. The molecule has 0 bridgehead atoms. The van der Waals surface area contributed by atoms with Crippen molar-refractivity contribution in [2.45, 2.75) is 45.8 Å². The third-order valence-electron chi connectivity index (χ3n) is 4.30. The van der Waals surface area contributed by atoms with Gasteiger partial charge in [0, 0.05) is 17.6 Å². The quantitative estimate of drug-likeness (QED) is 0.619. The normalized spacial score (nSPS) is 11.8. The van der Waals surface area contributed by atoms with Gasteiger partial charge in [0.05, 0.1) is 5.02 Å². The van der Waals surface area contributed by atoms with Crippen molar-refractivity contribution in [3.63, 3.8) is 0 Å². The Morgan fingerprint density at radius 2 is 1.66 bits per heavy atom. The lowest BCUT2D eigenvalue weighted by Crippen LogP contribution is -2.51. The van der Waals surface area contributed by atoms with Crippen LogP contribution in [0.15, 0.2) is 48.5 Å². The van der Waals surface area contributed by atoms with Crippen LogP contribution < -0.4 is 10.1 Å². The van der Waals surface area contributed by atoms with Gasteiger partial charge in [-0.2, -0.15) is 0 Å². The number of carbonyl (C=O) groups excluding carboxylic acids is 2. The molecule has 1 unspecified atom stereocenters. The third-order valence-corrected chi connectivity index (χ3v) is 4.98. The number of halogens is 2. The van der Waals surface area contributed by atoms with Crippen LogP contribution in [0.3, 0.4) is 0 Å². The van der Waals surface area contributed by atoms with Crippen molar-refractivity contribution in [3.05, 3.63) is 64.1 Å². The minimum atomic E-state index is -0.643. The number of benzene rings is 2. The summed E-state index contributed by atoms with van der Waals surface area (Å²) >= 11 is 12.4. The van der Waals surface area contributed by atoms with Crippen molar-refractivity contribution in [2.75, 3.05) is 6.61 Å². The molecular weight excluding hydrogens is 411 g/mol. The number of rotatable bonds is 9. The fourth-order valence-corrected chi connectivity index (χ4v) is 3.28. The Kier molecular flexibility index (Phi) is 8.80. The molecule has 0 aliphatic rings. The van der Waals surface area contributed by atoms with Crippen LogP contribution in [0.25, 0.3) is 0 Å². The molecule has 1 atom stereocenters. The maximum Gasteiger partial charge on any atom is 0.261 e. The van der Waals surface area contributed by atoms with E-state index >= 15 is 0 Å². The lowest BCUT2D eigenvalue weighted by atomic mass is 10.1. The number of para-hydroxylation sites is 1. The van der Waals surface area contributed by atoms with Crippen LogP contribution in [0.4, 0.5) is 0 Å². The molecule has 156 valence electrons. The lowest BCUT2D eigenvalue weighted by Gasteiger charge is -2.31. The third kappa shape index (κ3) is 6.65. The maximum absolute atomic E-state index is 13.1. The number of carbonyl (C=O) groups is 2. The average Bonchev–Trinajstić information content (AvgIpc) is 2.68. The average molecular weight is 437 g/mol. The Balaban J connectivity index is 2.24. The molecule has 2 aromatic rings. The second-order valence-corrected chi connectivity index (χ2v) is 7.73. The van der Waals surface area contributed by atoms with Crippen molar-refractivity contribution in [1.82, 2.24) is 10.2 Å². The maximum atomic E-state index is 13.1. The van der Waals surface area contributed by atoms with Crippen LogP contribution in [0, 0.1) is 0 Å². The molecule has 7 heteroatoms. The SMILES string of the molecule is CCC(C(=O)NC(C)C)N(Cc1ccccc1Cl)C(=O)COc1ccccc1Cl. The molecule has 0 fully saturated rings. The first-order valence-corrected chi connectivity index (χ1v) is 10.3. The van der Waals surface area contributed by atoms with Crippen LogP contribution in [0.1, 0.15) is 32.8 Å². The fourth-order valence-electron chi connectivity index (χ4n) is 2.89. The van der Waals surface area contributed by atoms with Crippen LogP contribution in [0.2, 0.25) is 10.0 Å². The Hall–Kier alpha value is -2.24. The first-order valence-electron chi connectivity index (χ1n) is 9.54. The minimum absolute atomic E-state index is 0.0341. The molecule has 1 N–H and O–H groups in total. The van der Waals surface area contributed by atoms with Gasteiger partial charge in [-0.15, -0.1) is 0 Å².